The first-order valence-electron chi connectivity index (χ1n) is 9.54. The molecule has 0 fully saturated rings. The Bertz CT molecular complexity index is 607. The van der Waals surface area contributed by atoms with Crippen molar-refractivity contribution in [1.29, 1.82) is 0 Å². The summed E-state index contributed by atoms with van der Waals surface area (Å²) in [6.07, 6.45) is 5.71. The van der Waals surface area contributed by atoms with E-state index in [1.807, 2.05) is 48.8 Å². The highest BCUT2D eigenvalue weighted by Gasteiger charge is 2.39. The van der Waals surface area contributed by atoms with E-state index in [1.54, 1.807) is 0 Å². The van der Waals surface area contributed by atoms with E-state index >= 15 is 0 Å². The van der Waals surface area contributed by atoms with Crippen molar-refractivity contribution in [2.75, 3.05) is 6.61 Å². The zero-order chi connectivity index (χ0) is 21.0. The molecular formula is C21H33BNO4Si. The summed E-state index contributed by atoms with van der Waals surface area (Å²) in [5.74, 6) is 0.896. The minimum Gasteiger partial charge on any atom is -0.491 e. The fourth-order valence-corrected chi connectivity index (χ4v) is 3.72. The monoisotopic (exact) mass is 402 g/mol. The van der Waals surface area contributed by atoms with Gasteiger partial charge in [-0.1, -0.05) is 45.0 Å². The topological polar surface area (TPSA) is 71.8 Å². The fraction of sp³-hybridized carbons (Fsp3) is 0.476. The summed E-state index contributed by atoms with van der Waals surface area (Å²) < 4.78 is 12.6. The Morgan fingerprint density at radius 1 is 1.07 bits per heavy atom. The van der Waals surface area contributed by atoms with Crippen molar-refractivity contribution in [3.63, 3.8) is 0 Å². The number of pyridine rings is 1. The third-order valence-electron chi connectivity index (χ3n) is 4.92. The molecule has 0 spiro atoms. The lowest BCUT2D eigenvalue weighted by Crippen LogP contribution is -2.45. The van der Waals surface area contributed by atoms with Crippen LogP contribution in [0.25, 0.3) is 0 Å². The minimum absolute atomic E-state index is 0. The maximum absolute atomic E-state index is 7.00. The normalized spacial score (nSPS) is 12.5. The molecule has 0 aliphatic carbocycles. The van der Waals surface area contributed by atoms with Crippen LogP contribution < -0.4 is 4.74 Å². The van der Waals surface area contributed by atoms with Crippen molar-refractivity contribution in [3.8, 4) is 5.75 Å². The highest BCUT2D eigenvalue weighted by Crippen LogP contribution is 2.37. The van der Waals surface area contributed by atoms with E-state index in [-0.39, 0.29) is 18.8 Å². The molecule has 153 valence electrons. The maximum Gasteiger partial charge on any atom is 0.482 e. The van der Waals surface area contributed by atoms with Gasteiger partial charge in [0.1, 0.15) is 12.4 Å². The van der Waals surface area contributed by atoms with Crippen molar-refractivity contribution >= 4 is 16.0 Å². The summed E-state index contributed by atoms with van der Waals surface area (Å²) in [7, 11) is -1.84. The minimum atomic E-state index is -1.84. The third kappa shape index (κ3) is 9.01. The SMILES string of the molecule is CC(C)(C)[Si](C)(C)O[C@H](CCc1cccnc1)COc1ccccc1.O[B]O. The van der Waals surface area contributed by atoms with Gasteiger partial charge in [-0.15, -0.1) is 0 Å². The second-order valence-corrected chi connectivity index (χ2v) is 12.9. The number of rotatable bonds is 8. The maximum atomic E-state index is 7.00. The molecule has 0 aliphatic heterocycles. The molecule has 0 aliphatic rings. The molecule has 0 saturated carbocycles. The van der Waals surface area contributed by atoms with Gasteiger partial charge in [-0.3, -0.25) is 4.98 Å². The van der Waals surface area contributed by atoms with Crippen LogP contribution in [0, 0.1) is 0 Å². The zero-order valence-corrected chi connectivity index (χ0v) is 18.6. The molecule has 5 nitrogen and oxygen atoms in total. The van der Waals surface area contributed by atoms with Gasteiger partial charge in [0.25, 0.3) is 0 Å². The number of aryl methyl sites for hydroxylation is 1. The van der Waals surface area contributed by atoms with Gasteiger partial charge < -0.3 is 19.2 Å². The molecular weight excluding hydrogens is 369 g/mol. The Hall–Kier alpha value is -1.67. The molecule has 1 atom stereocenters. The first-order valence-corrected chi connectivity index (χ1v) is 12.4. The molecule has 0 saturated heterocycles. The van der Waals surface area contributed by atoms with Crippen molar-refractivity contribution in [2.24, 2.45) is 0 Å². The van der Waals surface area contributed by atoms with Crippen LogP contribution in [0.1, 0.15) is 32.8 Å². The highest BCUT2D eigenvalue weighted by atomic mass is 28.4. The Balaban J connectivity index is 0.00000122. The first-order chi connectivity index (χ1) is 13.2. The first kappa shape index (κ1) is 24.4. The van der Waals surface area contributed by atoms with Crippen LogP contribution in [0.3, 0.4) is 0 Å². The van der Waals surface area contributed by atoms with Gasteiger partial charge in [0.15, 0.2) is 8.32 Å². The Morgan fingerprint density at radius 2 is 1.71 bits per heavy atom. The number of para-hydroxylation sites is 1. The number of ether oxygens (including phenoxy) is 1. The van der Waals surface area contributed by atoms with Gasteiger partial charge in [0, 0.05) is 12.4 Å². The highest BCUT2D eigenvalue weighted by molar-refractivity contribution is 6.74. The molecule has 1 aromatic heterocycles. The number of nitrogens with zero attached hydrogens (tertiary/aromatic N) is 1. The summed E-state index contributed by atoms with van der Waals surface area (Å²) in [5.41, 5.74) is 1.24. The number of hydrogen-bond donors (Lipinski definition) is 2. The zero-order valence-electron chi connectivity index (χ0n) is 17.6. The molecule has 0 bridgehead atoms. The lowest BCUT2D eigenvalue weighted by atomic mass is 10.1. The molecule has 1 radical (unpaired) electrons. The molecule has 28 heavy (non-hydrogen) atoms. The Morgan fingerprint density at radius 3 is 2.25 bits per heavy atom. The van der Waals surface area contributed by atoms with E-state index in [0.717, 1.165) is 18.6 Å². The van der Waals surface area contributed by atoms with Crippen LogP contribution in [0.2, 0.25) is 18.1 Å². The quantitative estimate of drug-likeness (QED) is 0.654. The summed E-state index contributed by atoms with van der Waals surface area (Å²) in [5, 5.41) is 14.2. The van der Waals surface area contributed by atoms with Gasteiger partial charge in [-0.25, -0.2) is 0 Å². The summed E-state index contributed by atoms with van der Waals surface area (Å²) >= 11 is 0. The number of hydrogen-bond acceptors (Lipinski definition) is 5. The smallest absolute Gasteiger partial charge is 0.482 e. The van der Waals surface area contributed by atoms with E-state index in [4.69, 9.17) is 19.2 Å². The van der Waals surface area contributed by atoms with Crippen molar-refractivity contribution in [2.45, 2.75) is 57.8 Å². The van der Waals surface area contributed by atoms with Crippen molar-refractivity contribution in [3.05, 3.63) is 60.4 Å². The average molecular weight is 402 g/mol. The summed E-state index contributed by atoms with van der Waals surface area (Å²) in [6, 6.07) is 14.1. The fourth-order valence-electron chi connectivity index (χ4n) is 2.35. The second-order valence-electron chi connectivity index (χ2n) is 8.14. The third-order valence-corrected chi connectivity index (χ3v) is 9.46. The lowest BCUT2D eigenvalue weighted by Gasteiger charge is -2.39. The second kappa shape index (κ2) is 12.0. The van der Waals surface area contributed by atoms with Gasteiger partial charge in [-0.05, 0) is 54.7 Å². The van der Waals surface area contributed by atoms with E-state index in [1.165, 1.54) is 5.56 Å². The van der Waals surface area contributed by atoms with Crippen molar-refractivity contribution in [1.82, 2.24) is 4.98 Å². The molecule has 1 aromatic carbocycles. The number of aromatic nitrogens is 1. The Kier molecular flexibility index (Phi) is 10.5. The summed E-state index contributed by atoms with van der Waals surface area (Å²) in [4.78, 5) is 4.21. The number of benzene rings is 1. The van der Waals surface area contributed by atoms with Crippen LogP contribution in [-0.2, 0) is 10.8 Å². The van der Waals surface area contributed by atoms with E-state index in [0.29, 0.717) is 6.61 Å². The van der Waals surface area contributed by atoms with Gasteiger partial charge in [0.05, 0.1) is 6.10 Å². The van der Waals surface area contributed by atoms with E-state index in [9.17, 15) is 0 Å². The molecule has 2 N–H and O–H groups in total. The lowest BCUT2D eigenvalue weighted by molar-refractivity contribution is 0.108. The predicted molar refractivity (Wildman–Crippen MR) is 117 cm³/mol. The van der Waals surface area contributed by atoms with E-state index < -0.39 is 8.32 Å². The predicted octanol–water partition coefficient (Wildman–Crippen LogP) is 3.99. The van der Waals surface area contributed by atoms with Crippen LogP contribution in [0.15, 0.2) is 54.9 Å². The molecule has 2 rings (SSSR count). The molecule has 2 aromatic rings. The molecule has 7 heteroatoms. The largest absolute Gasteiger partial charge is 0.491 e. The van der Waals surface area contributed by atoms with Gasteiger partial charge >= 0.3 is 7.69 Å². The van der Waals surface area contributed by atoms with Crippen LogP contribution >= 0.6 is 0 Å². The van der Waals surface area contributed by atoms with Crippen LogP contribution in [0.5, 0.6) is 5.75 Å². The average Bonchev–Trinajstić information content (AvgIpc) is 2.65. The van der Waals surface area contributed by atoms with Crippen LogP contribution in [-0.4, -0.2) is 43.7 Å². The standard InChI is InChI=1S/C21H31NO2Si.BH2O2/c1-21(2,3)25(4,5)24-20(14-13-18-10-9-15-22-16-18)17-23-19-11-7-6-8-12-19;2-1-3/h6-12,15-16,20H,13-14,17H2,1-5H3;2-3H/t20-;/m1./s1. The Labute approximate surface area is 171 Å². The molecule has 0 amide bonds. The molecule has 0 unspecified atom stereocenters. The summed E-state index contributed by atoms with van der Waals surface area (Å²) in [6.45, 7) is 12.0. The van der Waals surface area contributed by atoms with Gasteiger partial charge in [-0.2, -0.15) is 0 Å². The molecule has 1 heterocycles. The van der Waals surface area contributed by atoms with Crippen molar-refractivity contribution < 1.29 is 19.2 Å². The van der Waals surface area contributed by atoms with E-state index in [2.05, 4.69) is 44.9 Å². The van der Waals surface area contributed by atoms with Crippen LogP contribution in [0.4, 0.5) is 0 Å². The van der Waals surface area contributed by atoms with Gasteiger partial charge in [0.2, 0.25) is 0 Å².